The molecule has 1 heterocycles. The number of rotatable bonds is 7. The van der Waals surface area contributed by atoms with Crippen LogP contribution in [0.1, 0.15) is 32.1 Å². The lowest BCUT2D eigenvalue weighted by atomic mass is 9.97. The molecule has 0 aromatic rings. The number of hydrogen-bond acceptors (Lipinski definition) is 4. The van der Waals surface area contributed by atoms with Crippen LogP contribution in [0.15, 0.2) is 0 Å². The van der Waals surface area contributed by atoms with Crippen molar-refractivity contribution in [3.05, 3.63) is 0 Å². The molecule has 3 N–H and O–H groups in total. The Kier molecular flexibility index (Phi) is 5.89. The summed E-state index contributed by atoms with van der Waals surface area (Å²) in [5.74, 6) is 1.09. The molecule has 3 atom stereocenters. The van der Waals surface area contributed by atoms with Crippen molar-refractivity contribution >= 4 is 0 Å². The van der Waals surface area contributed by atoms with Crippen molar-refractivity contribution in [2.24, 2.45) is 11.8 Å². The molecular weight excluding hydrogens is 228 g/mol. The molecule has 0 bridgehead atoms. The minimum atomic E-state index is -0.253. The summed E-state index contributed by atoms with van der Waals surface area (Å²) in [7, 11) is 0. The topological polar surface area (TPSA) is 55.7 Å². The molecule has 4 nitrogen and oxygen atoms in total. The van der Waals surface area contributed by atoms with Crippen LogP contribution >= 0.6 is 0 Å². The van der Waals surface area contributed by atoms with Gasteiger partial charge in [-0.25, -0.2) is 0 Å². The van der Waals surface area contributed by atoms with Gasteiger partial charge in [-0.15, -0.1) is 0 Å². The summed E-state index contributed by atoms with van der Waals surface area (Å²) in [6, 6.07) is 0. The van der Waals surface area contributed by atoms with Gasteiger partial charge in [0.1, 0.15) is 0 Å². The van der Waals surface area contributed by atoms with Gasteiger partial charge in [-0.3, -0.25) is 0 Å². The van der Waals surface area contributed by atoms with Gasteiger partial charge in [0.15, 0.2) is 0 Å². The Morgan fingerprint density at radius 1 is 1.11 bits per heavy atom. The highest BCUT2D eigenvalue weighted by atomic mass is 16.3. The number of β-amino-alcohol motifs (C(OH)–C–C–N with tert-alkyl or cyclic N) is 1. The second kappa shape index (κ2) is 7.43. The third kappa shape index (κ3) is 4.19. The summed E-state index contributed by atoms with van der Waals surface area (Å²) in [5, 5.41) is 22.6. The Morgan fingerprint density at radius 3 is 2.56 bits per heavy atom. The number of aliphatic hydroxyl groups is 2. The van der Waals surface area contributed by atoms with Gasteiger partial charge in [0, 0.05) is 19.7 Å². The summed E-state index contributed by atoms with van der Waals surface area (Å²) in [5.41, 5.74) is 0. The maximum atomic E-state index is 9.95. The fraction of sp³-hybridized carbons (Fsp3) is 1.00. The summed E-state index contributed by atoms with van der Waals surface area (Å²) < 4.78 is 0. The standard InChI is InChI=1S/C14H28N2O2/c17-11-13-5-3-4-12(13)8-15-9-14(18)10-16-6-1-2-7-16/h12-15,17-18H,1-11H2. The van der Waals surface area contributed by atoms with Crippen molar-refractivity contribution in [2.75, 3.05) is 39.3 Å². The van der Waals surface area contributed by atoms with E-state index in [0.29, 0.717) is 25.0 Å². The molecule has 4 heteroatoms. The molecule has 1 saturated heterocycles. The predicted molar refractivity (Wildman–Crippen MR) is 72.5 cm³/mol. The molecular formula is C14H28N2O2. The van der Waals surface area contributed by atoms with Crippen LogP contribution in [-0.4, -0.2) is 60.5 Å². The minimum absolute atomic E-state index is 0.253. The van der Waals surface area contributed by atoms with Gasteiger partial charge in [0.25, 0.3) is 0 Å². The zero-order chi connectivity index (χ0) is 12.8. The van der Waals surface area contributed by atoms with Crippen LogP contribution in [0.25, 0.3) is 0 Å². The lowest BCUT2D eigenvalue weighted by Gasteiger charge is -2.22. The van der Waals surface area contributed by atoms with Crippen LogP contribution in [0.3, 0.4) is 0 Å². The van der Waals surface area contributed by atoms with Gasteiger partial charge in [-0.2, -0.15) is 0 Å². The Morgan fingerprint density at radius 2 is 1.83 bits per heavy atom. The van der Waals surface area contributed by atoms with Crippen molar-refractivity contribution in [1.29, 1.82) is 0 Å². The quantitative estimate of drug-likeness (QED) is 0.619. The van der Waals surface area contributed by atoms with E-state index in [2.05, 4.69) is 10.2 Å². The number of hydrogen-bond donors (Lipinski definition) is 3. The smallest absolute Gasteiger partial charge is 0.0791 e. The Balaban J connectivity index is 1.56. The lowest BCUT2D eigenvalue weighted by Crippen LogP contribution is -2.39. The van der Waals surface area contributed by atoms with E-state index in [4.69, 9.17) is 0 Å². The normalized spacial score (nSPS) is 31.0. The first-order valence-electron chi connectivity index (χ1n) is 7.51. The highest BCUT2D eigenvalue weighted by molar-refractivity contribution is 4.79. The number of aliphatic hydroxyl groups excluding tert-OH is 2. The number of likely N-dealkylation sites (tertiary alicyclic amines) is 1. The first kappa shape index (κ1) is 14.3. The third-order valence-corrected chi connectivity index (χ3v) is 4.51. The molecule has 0 aromatic heterocycles. The molecule has 0 radical (unpaired) electrons. The van der Waals surface area contributed by atoms with E-state index in [-0.39, 0.29) is 6.10 Å². The molecule has 2 rings (SSSR count). The summed E-state index contributed by atoms with van der Waals surface area (Å²) in [4.78, 5) is 2.35. The van der Waals surface area contributed by atoms with E-state index in [1.807, 2.05) is 0 Å². The molecule has 2 aliphatic rings. The summed E-state index contributed by atoms with van der Waals surface area (Å²) in [6.07, 6.45) is 5.94. The van der Waals surface area contributed by atoms with Gasteiger partial charge in [-0.05, 0) is 57.2 Å². The Hall–Kier alpha value is -0.160. The minimum Gasteiger partial charge on any atom is -0.396 e. The van der Waals surface area contributed by atoms with E-state index in [1.54, 1.807) is 0 Å². The highest BCUT2D eigenvalue weighted by Gasteiger charge is 2.26. The van der Waals surface area contributed by atoms with Crippen LogP contribution in [0.2, 0.25) is 0 Å². The monoisotopic (exact) mass is 256 g/mol. The fourth-order valence-corrected chi connectivity index (χ4v) is 3.39. The molecule has 3 unspecified atom stereocenters. The van der Waals surface area contributed by atoms with Crippen molar-refractivity contribution in [3.8, 4) is 0 Å². The Labute approximate surface area is 110 Å². The van der Waals surface area contributed by atoms with Gasteiger partial charge in [0.05, 0.1) is 6.10 Å². The Bertz CT molecular complexity index is 232. The van der Waals surface area contributed by atoms with E-state index in [0.717, 1.165) is 26.2 Å². The van der Waals surface area contributed by atoms with Crippen LogP contribution < -0.4 is 5.32 Å². The summed E-state index contributed by atoms with van der Waals surface area (Å²) >= 11 is 0. The van der Waals surface area contributed by atoms with Gasteiger partial charge < -0.3 is 20.4 Å². The number of nitrogens with one attached hydrogen (secondary N) is 1. The van der Waals surface area contributed by atoms with Gasteiger partial charge in [0.2, 0.25) is 0 Å². The molecule has 0 spiro atoms. The molecule has 0 aromatic carbocycles. The molecule has 0 amide bonds. The second-order valence-electron chi connectivity index (χ2n) is 5.95. The predicted octanol–water partition coefficient (Wildman–Crippen LogP) is 0.441. The van der Waals surface area contributed by atoms with Crippen molar-refractivity contribution < 1.29 is 10.2 Å². The van der Waals surface area contributed by atoms with E-state index in [1.165, 1.54) is 32.1 Å². The average Bonchev–Trinajstić information content (AvgIpc) is 3.00. The number of nitrogens with zero attached hydrogens (tertiary/aromatic N) is 1. The van der Waals surface area contributed by atoms with Crippen LogP contribution in [-0.2, 0) is 0 Å². The zero-order valence-corrected chi connectivity index (χ0v) is 11.4. The molecule has 1 saturated carbocycles. The van der Waals surface area contributed by atoms with Crippen LogP contribution in [0, 0.1) is 11.8 Å². The molecule has 1 aliphatic carbocycles. The van der Waals surface area contributed by atoms with Gasteiger partial charge in [-0.1, -0.05) is 6.42 Å². The van der Waals surface area contributed by atoms with Gasteiger partial charge >= 0.3 is 0 Å². The highest BCUT2D eigenvalue weighted by Crippen LogP contribution is 2.30. The largest absolute Gasteiger partial charge is 0.396 e. The first-order valence-corrected chi connectivity index (χ1v) is 7.51. The molecule has 1 aliphatic heterocycles. The maximum absolute atomic E-state index is 9.95. The van der Waals surface area contributed by atoms with Crippen molar-refractivity contribution in [1.82, 2.24) is 10.2 Å². The lowest BCUT2D eigenvalue weighted by molar-refractivity contribution is 0.120. The first-order chi connectivity index (χ1) is 8.79. The van der Waals surface area contributed by atoms with E-state index in [9.17, 15) is 10.2 Å². The second-order valence-corrected chi connectivity index (χ2v) is 5.95. The van der Waals surface area contributed by atoms with Crippen molar-refractivity contribution in [3.63, 3.8) is 0 Å². The SMILES string of the molecule is OCC1CCCC1CNCC(O)CN1CCCC1. The third-order valence-electron chi connectivity index (χ3n) is 4.51. The molecule has 2 fully saturated rings. The maximum Gasteiger partial charge on any atom is 0.0791 e. The zero-order valence-electron chi connectivity index (χ0n) is 11.4. The molecule has 106 valence electrons. The van der Waals surface area contributed by atoms with E-state index >= 15 is 0 Å². The fourth-order valence-electron chi connectivity index (χ4n) is 3.39. The average molecular weight is 256 g/mol. The summed E-state index contributed by atoms with van der Waals surface area (Å²) in [6.45, 7) is 5.05. The van der Waals surface area contributed by atoms with Crippen LogP contribution in [0.4, 0.5) is 0 Å². The van der Waals surface area contributed by atoms with Crippen molar-refractivity contribution in [2.45, 2.75) is 38.2 Å². The van der Waals surface area contributed by atoms with Crippen LogP contribution in [0.5, 0.6) is 0 Å². The molecule has 18 heavy (non-hydrogen) atoms. The van der Waals surface area contributed by atoms with E-state index < -0.39 is 0 Å².